The number of carbonyl (C=O) groups is 2. The van der Waals surface area contributed by atoms with Crippen LogP contribution in [0.2, 0.25) is 0 Å². The molecule has 0 aromatic heterocycles. The topological polar surface area (TPSA) is 53.0 Å². The minimum atomic E-state index is -0.240. The van der Waals surface area contributed by atoms with E-state index < -0.39 is 0 Å². The highest BCUT2D eigenvalue weighted by Crippen LogP contribution is 2.27. The number of amidine groups is 1. The largest absolute Gasteiger partial charge is 0.342 e. The number of aliphatic imine (C=N–C) groups is 1. The highest BCUT2D eigenvalue weighted by atomic mass is 32.2. The van der Waals surface area contributed by atoms with Crippen LogP contribution in [0.25, 0.3) is 0 Å². The van der Waals surface area contributed by atoms with Crippen molar-refractivity contribution in [2.45, 2.75) is 44.8 Å². The zero-order valence-corrected chi connectivity index (χ0v) is 15.7. The summed E-state index contributed by atoms with van der Waals surface area (Å²) in [6.45, 7) is 5.77. The number of thioether (sulfide) groups is 1. The lowest BCUT2D eigenvalue weighted by molar-refractivity contribution is -0.130. The van der Waals surface area contributed by atoms with Gasteiger partial charge < -0.3 is 4.90 Å². The Balaban J connectivity index is 1.68. The monoisotopic (exact) mass is 359 g/mol. The fourth-order valence-corrected chi connectivity index (χ4v) is 4.20. The SMILES string of the molecule is Cc1ccc(N2C(=O)CN=C2S[C@@H](C)C(=O)N2CCCCCC2)cc1. The van der Waals surface area contributed by atoms with Gasteiger partial charge >= 0.3 is 0 Å². The molecule has 0 radical (unpaired) electrons. The van der Waals surface area contributed by atoms with Crippen molar-refractivity contribution in [3.8, 4) is 0 Å². The van der Waals surface area contributed by atoms with Gasteiger partial charge in [0.05, 0.1) is 10.9 Å². The number of rotatable bonds is 3. The molecule has 1 fully saturated rings. The molecule has 25 heavy (non-hydrogen) atoms. The minimum Gasteiger partial charge on any atom is -0.342 e. The van der Waals surface area contributed by atoms with Crippen LogP contribution in [0.5, 0.6) is 0 Å². The zero-order valence-electron chi connectivity index (χ0n) is 14.9. The molecule has 0 unspecified atom stereocenters. The predicted octanol–water partition coefficient (Wildman–Crippen LogP) is 3.22. The summed E-state index contributed by atoms with van der Waals surface area (Å²) in [5, 5.41) is 0.389. The second-order valence-corrected chi connectivity index (χ2v) is 7.97. The van der Waals surface area contributed by atoms with Crippen LogP contribution in [0.3, 0.4) is 0 Å². The van der Waals surface area contributed by atoms with Crippen LogP contribution < -0.4 is 4.90 Å². The van der Waals surface area contributed by atoms with Crippen molar-refractivity contribution in [3.63, 3.8) is 0 Å². The van der Waals surface area contributed by atoms with Gasteiger partial charge in [-0.1, -0.05) is 42.3 Å². The fourth-order valence-electron chi connectivity index (χ4n) is 3.18. The van der Waals surface area contributed by atoms with Crippen molar-refractivity contribution in [2.75, 3.05) is 24.5 Å². The molecule has 2 aliphatic rings. The van der Waals surface area contributed by atoms with E-state index in [0.29, 0.717) is 5.17 Å². The van der Waals surface area contributed by atoms with Crippen LogP contribution in [0.1, 0.15) is 38.2 Å². The summed E-state index contributed by atoms with van der Waals surface area (Å²) in [4.78, 5) is 33.0. The molecule has 0 spiro atoms. The second-order valence-electron chi connectivity index (χ2n) is 6.66. The predicted molar refractivity (Wildman–Crippen MR) is 103 cm³/mol. The van der Waals surface area contributed by atoms with E-state index in [-0.39, 0.29) is 23.6 Å². The van der Waals surface area contributed by atoms with Crippen LogP contribution in [-0.4, -0.2) is 46.8 Å². The standard InChI is InChI=1S/C19H25N3O2S/c1-14-7-9-16(10-8-14)22-17(23)13-20-19(22)25-15(2)18(24)21-11-5-3-4-6-12-21/h7-10,15H,3-6,11-13H2,1-2H3/t15-/m0/s1. The summed E-state index contributed by atoms with van der Waals surface area (Å²) < 4.78 is 0. The summed E-state index contributed by atoms with van der Waals surface area (Å²) >= 11 is 1.39. The molecule has 0 N–H and O–H groups in total. The first-order valence-corrected chi connectivity index (χ1v) is 9.84. The first kappa shape index (κ1) is 18.0. The Labute approximate surface area is 153 Å². The molecule has 1 saturated heterocycles. The number of carbonyl (C=O) groups excluding carboxylic acids is 2. The molecular formula is C19H25N3O2S. The molecular weight excluding hydrogens is 334 g/mol. The quantitative estimate of drug-likeness (QED) is 0.833. The zero-order chi connectivity index (χ0) is 17.8. The van der Waals surface area contributed by atoms with E-state index in [4.69, 9.17) is 0 Å². The van der Waals surface area contributed by atoms with Gasteiger partial charge in [-0.3, -0.25) is 19.5 Å². The first-order valence-electron chi connectivity index (χ1n) is 8.96. The molecule has 0 saturated carbocycles. The number of amides is 2. The van der Waals surface area contributed by atoms with Gasteiger partial charge in [0, 0.05) is 13.1 Å². The van der Waals surface area contributed by atoms with Crippen molar-refractivity contribution in [3.05, 3.63) is 29.8 Å². The number of anilines is 1. The third kappa shape index (κ3) is 4.24. The normalized spacial score (nSPS) is 19.6. The average molecular weight is 359 g/mol. The maximum Gasteiger partial charge on any atom is 0.254 e. The average Bonchev–Trinajstić information content (AvgIpc) is 2.81. The van der Waals surface area contributed by atoms with E-state index >= 15 is 0 Å². The highest BCUT2D eigenvalue weighted by Gasteiger charge is 2.31. The second kappa shape index (κ2) is 8.04. The van der Waals surface area contributed by atoms with Crippen LogP contribution >= 0.6 is 11.8 Å². The van der Waals surface area contributed by atoms with Crippen molar-refractivity contribution in [1.82, 2.24) is 4.90 Å². The van der Waals surface area contributed by atoms with Gasteiger partial charge in [-0.2, -0.15) is 0 Å². The first-order chi connectivity index (χ1) is 12.1. The molecule has 0 bridgehead atoms. The maximum atomic E-state index is 12.8. The summed E-state index contributed by atoms with van der Waals surface area (Å²) in [6.07, 6.45) is 4.57. The molecule has 5 nitrogen and oxygen atoms in total. The smallest absolute Gasteiger partial charge is 0.254 e. The number of hydrogen-bond acceptors (Lipinski definition) is 4. The molecule has 134 valence electrons. The lowest BCUT2D eigenvalue weighted by Crippen LogP contribution is -2.39. The van der Waals surface area contributed by atoms with Gasteiger partial charge in [-0.05, 0) is 38.8 Å². The van der Waals surface area contributed by atoms with Crippen LogP contribution in [0, 0.1) is 6.92 Å². The number of nitrogens with zero attached hydrogens (tertiary/aromatic N) is 3. The maximum absolute atomic E-state index is 12.8. The van der Waals surface area contributed by atoms with E-state index in [1.54, 1.807) is 4.90 Å². The molecule has 2 aliphatic heterocycles. The van der Waals surface area contributed by atoms with Crippen molar-refractivity contribution >= 4 is 34.4 Å². The van der Waals surface area contributed by atoms with Gasteiger partial charge in [-0.15, -0.1) is 0 Å². The summed E-state index contributed by atoms with van der Waals surface area (Å²) in [7, 11) is 0. The van der Waals surface area contributed by atoms with Crippen molar-refractivity contribution in [2.24, 2.45) is 4.99 Å². The molecule has 2 amide bonds. The van der Waals surface area contributed by atoms with Gasteiger partial charge in [0.1, 0.15) is 6.54 Å². The van der Waals surface area contributed by atoms with Crippen LogP contribution in [-0.2, 0) is 9.59 Å². The third-order valence-electron chi connectivity index (χ3n) is 4.63. The molecule has 6 heteroatoms. The van der Waals surface area contributed by atoms with E-state index in [2.05, 4.69) is 4.99 Å². The summed E-state index contributed by atoms with van der Waals surface area (Å²) in [5.41, 5.74) is 1.96. The van der Waals surface area contributed by atoms with Gasteiger partial charge in [0.2, 0.25) is 5.91 Å². The lowest BCUT2D eigenvalue weighted by atomic mass is 10.2. The molecule has 1 atom stereocenters. The Morgan fingerprint density at radius 2 is 1.76 bits per heavy atom. The summed E-state index contributed by atoms with van der Waals surface area (Å²) in [5.74, 6) is 0.110. The summed E-state index contributed by atoms with van der Waals surface area (Å²) in [6, 6.07) is 7.82. The molecule has 1 aromatic carbocycles. The molecule has 1 aromatic rings. The van der Waals surface area contributed by atoms with E-state index in [9.17, 15) is 9.59 Å². The van der Waals surface area contributed by atoms with Gasteiger partial charge in [-0.25, -0.2) is 0 Å². The Hall–Kier alpha value is -1.82. The van der Waals surface area contributed by atoms with Crippen molar-refractivity contribution in [1.29, 1.82) is 0 Å². The minimum absolute atomic E-state index is 0.0409. The van der Waals surface area contributed by atoms with Crippen LogP contribution in [0.15, 0.2) is 29.3 Å². The molecule has 3 rings (SSSR count). The Bertz CT molecular complexity index is 664. The number of aryl methyl sites for hydroxylation is 1. The Morgan fingerprint density at radius 3 is 2.40 bits per heavy atom. The fraction of sp³-hybridized carbons (Fsp3) is 0.526. The Kier molecular flexibility index (Phi) is 5.78. The highest BCUT2D eigenvalue weighted by molar-refractivity contribution is 8.15. The molecule has 2 heterocycles. The van der Waals surface area contributed by atoms with E-state index in [0.717, 1.165) is 37.2 Å². The number of benzene rings is 1. The Morgan fingerprint density at radius 1 is 1.12 bits per heavy atom. The van der Waals surface area contributed by atoms with E-state index in [1.165, 1.54) is 24.6 Å². The van der Waals surface area contributed by atoms with Gasteiger partial charge in [0.15, 0.2) is 5.17 Å². The van der Waals surface area contributed by atoms with Crippen LogP contribution in [0.4, 0.5) is 5.69 Å². The lowest BCUT2D eigenvalue weighted by Gasteiger charge is -2.25. The number of hydrogen-bond donors (Lipinski definition) is 0. The molecule has 0 aliphatic carbocycles. The van der Waals surface area contributed by atoms with E-state index in [1.807, 2.05) is 43.0 Å². The van der Waals surface area contributed by atoms with Gasteiger partial charge in [0.25, 0.3) is 5.91 Å². The number of likely N-dealkylation sites (tertiary alicyclic amines) is 1. The van der Waals surface area contributed by atoms with Crippen molar-refractivity contribution < 1.29 is 9.59 Å². The third-order valence-corrected chi connectivity index (χ3v) is 5.71.